The van der Waals surface area contributed by atoms with Crippen LogP contribution in [0.25, 0.3) is 0 Å². The van der Waals surface area contributed by atoms with Gasteiger partial charge in [0.05, 0.1) is 13.1 Å². The van der Waals surface area contributed by atoms with E-state index in [0.29, 0.717) is 13.1 Å². The molecule has 0 atom stereocenters. The summed E-state index contributed by atoms with van der Waals surface area (Å²) < 4.78 is 6.21. The van der Waals surface area contributed by atoms with E-state index in [0.717, 1.165) is 9.53 Å². The Balaban J connectivity index is 2.23. The van der Waals surface area contributed by atoms with Crippen LogP contribution in [0.3, 0.4) is 0 Å². The number of hydrogen-bond acceptors (Lipinski definition) is 3. The van der Waals surface area contributed by atoms with Gasteiger partial charge >= 0.3 is 0 Å². The van der Waals surface area contributed by atoms with E-state index in [1.54, 1.807) is 0 Å². The monoisotopic (exact) mass is 336 g/mol. The molecule has 0 aliphatic carbocycles. The lowest BCUT2D eigenvalue weighted by Gasteiger charge is -2.20. The summed E-state index contributed by atoms with van der Waals surface area (Å²) in [5, 5.41) is 5.91. The molecular formula is C11H17IN2O2. The van der Waals surface area contributed by atoms with Gasteiger partial charge in [0.25, 0.3) is 0 Å². The highest BCUT2D eigenvalue weighted by Crippen LogP contribution is 2.09. The maximum atomic E-state index is 11.4. The third kappa shape index (κ3) is 5.50. The van der Waals surface area contributed by atoms with Gasteiger partial charge in [-0.3, -0.25) is 4.79 Å². The second kappa shape index (κ2) is 5.67. The first-order valence-electron chi connectivity index (χ1n) is 5.13. The van der Waals surface area contributed by atoms with Crippen LogP contribution in [-0.2, 0) is 11.3 Å². The van der Waals surface area contributed by atoms with Gasteiger partial charge in [0.15, 0.2) is 3.77 Å². The van der Waals surface area contributed by atoms with E-state index in [-0.39, 0.29) is 11.4 Å². The van der Waals surface area contributed by atoms with Gasteiger partial charge in [0.1, 0.15) is 5.76 Å². The SMILES string of the molecule is CC(C)(C)NC(=O)CNCc1ccc(I)o1. The molecule has 2 N–H and O–H groups in total. The van der Waals surface area contributed by atoms with Gasteiger partial charge in [-0.2, -0.15) is 0 Å². The van der Waals surface area contributed by atoms with Crippen molar-refractivity contribution in [3.63, 3.8) is 0 Å². The minimum atomic E-state index is -0.182. The fraction of sp³-hybridized carbons (Fsp3) is 0.545. The predicted molar refractivity (Wildman–Crippen MR) is 71.0 cm³/mol. The summed E-state index contributed by atoms with van der Waals surface area (Å²) in [6.07, 6.45) is 0. The summed E-state index contributed by atoms with van der Waals surface area (Å²) in [6, 6.07) is 3.79. The van der Waals surface area contributed by atoms with Crippen molar-refractivity contribution in [3.05, 3.63) is 21.7 Å². The van der Waals surface area contributed by atoms with Gasteiger partial charge in [-0.15, -0.1) is 0 Å². The van der Waals surface area contributed by atoms with E-state index in [2.05, 4.69) is 33.2 Å². The molecular weight excluding hydrogens is 319 g/mol. The molecule has 0 unspecified atom stereocenters. The van der Waals surface area contributed by atoms with Crippen LogP contribution in [0.15, 0.2) is 16.5 Å². The summed E-state index contributed by atoms with van der Waals surface area (Å²) in [4.78, 5) is 11.4. The lowest BCUT2D eigenvalue weighted by molar-refractivity contribution is -0.121. The van der Waals surface area contributed by atoms with Crippen molar-refractivity contribution < 1.29 is 9.21 Å². The largest absolute Gasteiger partial charge is 0.454 e. The summed E-state index contributed by atoms with van der Waals surface area (Å²) in [7, 11) is 0. The Morgan fingerprint density at radius 2 is 2.12 bits per heavy atom. The van der Waals surface area contributed by atoms with Gasteiger partial charge in [0.2, 0.25) is 5.91 Å². The van der Waals surface area contributed by atoms with Crippen LogP contribution in [0.1, 0.15) is 26.5 Å². The van der Waals surface area contributed by atoms with Crippen molar-refractivity contribution in [1.82, 2.24) is 10.6 Å². The molecule has 0 aliphatic rings. The number of halogens is 1. The van der Waals surface area contributed by atoms with Crippen LogP contribution >= 0.6 is 22.6 Å². The number of rotatable bonds is 4. The highest BCUT2D eigenvalue weighted by Gasteiger charge is 2.12. The summed E-state index contributed by atoms with van der Waals surface area (Å²) >= 11 is 2.11. The Labute approximate surface area is 109 Å². The van der Waals surface area contributed by atoms with Crippen LogP contribution in [-0.4, -0.2) is 18.0 Å². The van der Waals surface area contributed by atoms with Gasteiger partial charge in [-0.25, -0.2) is 0 Å². The molecule has 0 bridgehead atoms. The van der Waals surface area contributed by atoms with E-state index in [9.17, 15) is 4.79 Å². The maximum Gasteiger partial charge on any atom is 0.234 e. The molecule has 0 saturated carbocycles. The van der Waals surface area contributed by atoms with E-state index in [1.165, 1.54) is 0 Å². The summed E-state index contributed by atoms with van der Waals surface area (Å²) in [6.45, 7) is 6.74. The van der Waals surface area contributed by atoms with Gasteiger partial charge in [-0.05, 0) is 55.5 Å². The number of carbonyl (C=O) groups excluding carboxylic acids is 1. The molecule has 1 aromatic heterocycles. The molecule has 16 heavy (non-hydrogen) atoms. The van der Waals surface area contributed by atoms with Crippen LogP contribution in [0, 0.1) is 3.77 Å². The minimum absolute atomic E-state index is 0.00578. The molecule has 0 aromatic carbocycles. The predicted octanol–water partition coefficient (Wildman–Crippen LogP) is 1.89. The normalized spacial score (nSPS) is 11.5. The Morgan fingerprint density at radius 3 is 2.62 bits per heavy atom. The van der Waals surface area contributed by atoms with Gasteiger partial charge < -0.3 is 15.1 Å². The lowest BCUT2D eigenvalue weighted by atomic mass is 10.1. The molecule has 1 heterocycles. The Bertz CT molecular complexity index is 355. The first-order chi connectivity index (χ1) is 7.37. The molecule has 0 fully saturated rings. The van der Waals surface area contributed by atoms with Crippen molar-refractivity contribution in [1.29, 1.82) is 0 Å². The molecule has 1 amide bonds. The molecule has 90 valence electrons. The topological polar surface area (TPSA) is 54.3 Å². The highest BCUT2D eigenvalue weighted by atomic mass is 127. The lowest BCUT2D eigenvalue weighted by Crippen LogP contribution is -2.44. The van der Waals surface area contributed by atoms with Crippen LogP contribution < -0.4 is 10.6 Å². The first kappa shape index (κ1) is 13.5. The Kier molecular flexibility index (Phi) is 4.79. The zero-order valence-electron chi connectivity index (χ0n) is 9.76. The average Bonchev–Trinajstić information content (AvgIpc) is 2.48. The molecule has 0 radical (unpaired) electrons. The number of nitrogens with one attached hydrogen (secondary N) is 2. The molecule has 0 aliphatic heterocycles. The molecule has 1 rings (SSSR count). The van der Waals surface area contributed by atoms with Crippen LogP contribution in [0.4, 0.5) is 0 Å². The number of hydrogen-bond donors (Lipinski definition) is 2. The number of amides is 1. The fourth-order valence-electron chi connectivity index (χ4n) is 1.21. The van der Waals surface area contributed by atoms with Crippen molar-refractivity contribution in [2.24, 2.45) is 0 Å². The smallest absolute Gasteiger partial charge is 0.234 e. The number of carbonyl (C=O) groups is 1. The van der Waals surface area contributed by atoms with Crippen molar-refractivity contribution in [2.45, 2.75) is 32.9 Å². The van der Waals surface area contributed by atoms with Crippen molar-refractivity contribution in [3.8, 4) is 0 Å². The molecule has 0 saturated heterocycles. The third-order valence-electron chi connectivity index (χ3n) is 1.73. The Hall–Kier alpha value is -0.560. The highest BCUT2D eigenvalue weighted by molar-refractivity contribution is 14.1. The average molecular weight is 336 g/mol. The molecule has 5 heteroatoms. The maximum absolute atomic E-state index is 11.4. The second-order valence-corrected chi connectivity index (χ2v) is 5.67. The quantitative estimate of drug-likeness (QED) is 0.826. The zero-order valence-corrected chi connectivity index (χ0v) is 11.9. The van der Waals surface area contributed by atoms with Crippen molar-refractivity contribution >= 4 is 28.5 Å². The molecule has 4 nitrogen and oxygen atoms in total. The number of furan rings is 1. The third-order valence-corrected chi connectivity index (χ3v) is 2.31. The van der Waals surface area contributed by atoms with Gasteiger partial charge in [-0.1, -0.05) is 0 Å². The van der Waals surface area contributed by atoms with Crippen LogP contribution in [0.2, 0.25) is 0 Å². The van der Waals surface area contributed by atoms with E-state index < -0.39 is 0 Å². The van der Waals surface area contributed by atoms with E-state index in [1.807, 2.05) is 32.9 Å². The van der Waals surface area contributed by atoms with Crippen LogP contribution in [0.5, 0.6) is 0 Å². The summed E-state index contributed by atoms with van der Waals surface area (Å²) in [5.41, 5.74) is -0.182. The second-order valence-electron chi connectivity index (χ2n) is 4.61. The molecule has 1 aromatic rings. The first-order valence-corrected chi connectivity index (χ1v) is 6.21. The van der Waals surface area contributed by atoms with E-state index >= 15 is 0 Å². The van der Waals surface area contributed by atoms with Crippen molar-refractivity contribution in [2.75, 3.05) is 6.54 Å². The Morgan fingerprint density at radius 1 is 1.44 bits per heavy atom. The summed E-state index contributed by atoms with van der Waals surface area (Å²) in [5.74, 6) is 0.835. The standard InChI is InChI=1S/C11H17IN2O2/c1-11(2,3)14-10(15)7-13-6-8-4-5-9(12)16-8/h4-5,13H,6-7H2,1-3H3,(H,14,15). The molecule has 0 spiro atoms. The fourth-order valence-corrected chi connectivity index (χ4v) is 1.67. The van der Waals surface area contributed by atoms with E-state index in [4.69, 9.17) is 4.42 Å². The minimum Gasteiger partial charge on any atom is -0.454 e. The van der Waals surface area contributed by atoms with Gasteiger partial charge in [0, 0.05) is 5.54 Å². The zero-order chi connectivity index (χ0) is 12.2.